The van der Waals surface area contributed by atoms with Gasteiger partial charge in [0.05, 0.1) is 6.10 Å². The molecule has 2 aromatic rings. The molecule has 0 aromatic heterocycles. The van der Waals surface area contributed by atoms with Crippen molar-refractivity contribution in [2.75, 3.05) is 6.54 Å². The smallest absolute Gasteiger partial charge is 0.410 e. The van der Waals surface area contributed by atoms with Crippen LogP contribution in [0.5, 0.6) is 0 Å². The first-order chi connectivity index (χ1) is 14.9. The Bertz CT molecular complexity index is 859. The molecule has 0 saturated carbocycles. The van der Waals surface area contributed by atoms with Crippen molar-refractivity contribution in [3.8, 4) is 0 Å². The molecule has 2 aromatic carbocycles. The van der Waals surface area contributed by atoms with E-state index in [-0.39, 0.29) is 6.61 Å². The number of aliphatic hydroxyl groups is 1. The summed E-state index contributed by atoms with van der Waals surface area (Å²) in [6, 6.07) is 19.3. The molecule has 0 radical (unpaired) electrons. The highest BCUT2D eigenvalue weighted by atomic mass is 16.8. The Labute approximate surface area is 182 Å². The van der Waals surface area contributed by atoms with E-state index in [9.17, 15) is 9.90 Å². The number of benzene rings is 2. The highest BCUT2D eigenvalue weighted by Crippen LogP contribution is 2.38. The first-order valence-electron chi connectivity index (χ1n) is 10.6. The summed E-state index contributed by atoms with van der Waals surface area (Å²) in [6.07, 6.45) is -2.38. The van der Waals surface area contributed by atoms with Crippen LogP contribution in [-0.4, -0.2) is 53.0 Å². The minimum Gasteiger partial charge on any atom is -0.445 e. The fourth-order valence-electron chi connectivity index (χ4n) is 3.93. The SMILES string of the molecule is CC1(C)O[C@H]2O[C@H](CCN(Cc3ccccc3)C(=O)OCc3ccccc3)[C@H](O)[C@H]2O1. The largest absolute Gasteiger partial charge is 0.445 e. The zero-order valence-electron chi connectivity index (χ0n) is 17.8. The zero-order valence-corrected chi connectivity index (χ0v) is 17.8. The molecule has 7 nitrogen and oxygen atoms in total. The van der Waals surface area contributed by atoms with Gasteiger partial charge in [-0.3, -0.25) is 0 Å². The predicted octanol–water partition coefficient (Wildman–Crippen LogP) is 3.45. The Balaban J connectivity index is 1.37. The van der Waals surface area contributed by atoms with Crippen molar-refractivity contribution in [3.63, 3.8) is 0 Å². The molecule has 0 unspecified atom stereocenters. The van der Waals surface area contributed by atoms with Gasteiger partial charge in [-0.1, -0.05) is 60.7 Å². The number of hydrogen-bond donors (Lipinski definition) is 1. The Morgan fingerprint density at radius 1 is 1.03 bits per heavy atom. The van der Waals surface area contributed by atoms with Gasteiger partial charge < -0.3 is 29.0 Å². The number of carbonyl (C=O) groups excluding carboxylic acids is 1. The van der Waals surface area contributed by atoms with Crippen LogP contribution in [0.4, 0.5) is 4.79 Å². The number of carbonyl (C=O) groups is 1. The maximum Gasteiger partial charge on any atom is 0.410 e. The molecule has 31 heavy (non-hydrogen) atoms. The number of fused-ring (bicyclic) bond motifs is 1. The van der Waals surface area contributed by atoms with Gasteiger partial charge >= 0.3 is 6.09 Å². The molecule has 2 aliphatic heterocycles. The van der Waals surface area contributed by atoms with Crippen molar-refractivity contribution in [3.05, 3.63) is 71.8 Å². The van der Waals surface area contributed by atoms with Gasteiger partial charge in [0.1, 0.15) is 18.8 Å². The lowest BCUT2D eigenvalue weighted by atomic mass is 10.1. The molecule has 2 saturated heterocycles. The van der Waals surface area contributed by atoms with Gasteiger partial charge in [-0.05, 0) is 31.4 Å². The molecule has 2 heterocycles. The summed E-state index contributed by atoms with van der Waals surface area (Å²) in [5.74, 6) is -0.776. The van der Waals surface area contributed by atoms with E-state index in [1.54, 1.807) is 18.7 Å². The van der Waals surface area contributed by atoms with E-state index in [1.165, 1.54) is 0 Å². The third-order valence-electron chi connectivity index (χ3n) is 5.48. The molecule has 2 fully saturated rings. The average molecular weight is 427 g/mol. The number of nitrogens with zero attached hydrogens (tertiary/aromatic N) is 1. The lowest BCUT2D eigenvalue weighted by Crippen LogP contribution is -2.38. The summed E-state index contributed by atoms with van der Waals surface area (Å²) in [6.45, 7) is 4.56. The minimum atomic E-state index is -0.814. The summed E-state index contributed by atoms with van der Waals surface area (Å²) in [5.41, 5.74) is 1.92. The summed E-state index contributed by atoms with van der Waals surface area (Å²) in [5, 5.41) is 10.6. The maximum atomic E-state index is 12.8. The number of aliphatic hydroxyl groups excluding tert-OH is 1. The quantitative estimate of drug-likeness (QED) is 0.729. The number of amides is 1. The fourth-order valence-corrected chi connectivity index (χ4v) is 3.93. The van der Waals surface area contributed by atoms with E-state index >= 15 is 0 Å². The van der Waals surface area contributed by atoms with Crippen LogP contribution in [0.2, 0.25) is 0 Å². The minimum absolute atomic E-state index is 0.203. The van der Waals surface area contributed by atoms with Gasteiger partial charge in [-0.2, -0.15) is 0 Å². The van der Waals surface area contributed by atoms with Gasteiger partial charge in [0.25, 0.3) is 0 Å². The molecule has 1 N–H and O–H groups in total. The second-order valence-electron chi connectivity index (χ2n) is 8.37. The molecule has 1 amide bonds. The standard InChI is InChI=1S/C24H29NO6/c1-24(2)30-21-20(26)19(29-22(21)31-24)13-14-25(15-17-9-5-3-6-10-17)23(27)28-16-18-11-7-4-8-12-18/h3-12,19-22,26H,13-16H2,1-2H3/t19-,20+,21-,22-/m1/s1. The highest BCUT2D eigenvalue weighted by molar-refractivity contribution is 5.67. The number of ether oxygens (including phenoxy) is 4. The fraction of sp³-hybridized carbons (Fsp3) is 0.458. The van der Waals surface area contributed by atoms with Crippen LogP contribution in [0.1, 0.15) is 31.4 Å². The Hall–Kier alpha value is -2.45. The summed E-state index contributed by atoms with van der Waals surface area (Å²) < 4.78 is 22.9. The van der Waals surface area contributed by atoms with Gasteiger partial charge in [0.2, 0.25) is 0 Å². The van der Waals surface area contributed by atoms with E-state index < -0.39 is 36.5 Å². The van der Waals surface area contributed by atoms with Crippen LogP contribution in [0, 0.1) is 0 Å². The highest BCUT2D eigenvalue weighted by Gasteiger charge is 2.54. The lowest BCUT2D eigenvalue weighted by molar-refractivity contribution is -0.215. The molecule has 166 valence electrons. The van der Waals surface area contributed by atoms with E-state index in [4.69, 9.17) is 18.9 Å². The molecule has 2 aliphatic rings. The number of rotatable bonds is 7. The van der Waals surface area contributed by atoms with Crippen LogP contribution >= 0.6 is 0 Å². The van der Waals surface area contributed by atoms with Crippen LogP contribution in [0.3, 0.4) is 0 Å². The van der Waals surface area contributed by atoms with E-state index in [1.807, 2.05) is 60.7 Å². The van der Waals surface area contributed by atoms with Crippen molar-refractivity contribution in [1.29, 1.82) is 0 Å². The van der Waals surface area contributed by atoms with Crippen molar-refractivity contribution >= 4 is 6.09 Å². The molecule has 4 rings (SSSR count). The summed E-state index contributed by atoms with van der Waals surface area (Å²) in [4.78, 5) is 14.5. The normalized spacial score (nSPS) is 26.4. The molecule has 0 aliphatic carbocycles. The Morgan fingerprint density at radius 3 is 2.32 bits per heavy atom. The lowest BCUT2D eigenvalue weighted by Gasteiger charge is -2.26. The average Bonchev–Trinajstić information content (AvgIpc) is 3.22. The van der Waals surface area contributed by atoms with Crippen molar-refractivity contribution in [1.82, 2.24) is 4.90 Å². The van der Waals surface area contributed by atoms with Gasteiger partial charge in [0.15, 0.2) is 12.1 Å². The van der Waals surface area contributed by atoms with Gasteiger partial charge in [-0.25, -0.2) is 4.79 Å². The van der Waals surface area contributed by atoms with Crippen molar-refractivity contribution in [2.45, 2.75) is 63.8 Å². The van der Waals surface area contributed by atoms with Crippen LogP contribution in [0.15, 0.2) is 60.7 Å². The predicted molar refractivity (Wildman–Crippen MR) is 113 cm³/mol. The Kier molecular flexibility index (Phi) is 6.57. The zero-order chi connectivity index (χ0) is 21.8. The van der Waals surface area contributed by atoms with Crippen molar-refractivity contribution in [2.24, 2.45) is 0 Å². The Morgan fingerprint density at radius 2 is 1.68 bits per heavy atom. The second-order valence-corrected chi connectivity index (χ2v) is 8.37. The third kappa shape index (κ3) is 5.43. The first kappa shape index (κ1) is 21.8. The molecular formula is C24H29NO6. The monoisotopic (exact) mass is 427 g/mol. The van der Waals surface area contributed by atoms with Gasteiger partial charge in [0, 0.05) is 13.1 Å². The maximum absolute atomic E-state index is 12.8. The van der Waals surface area contributed by atoms with Crippen LogP contribution < -0.4 is 0 Å². The summed E-state index contributed by atoms with van der Waals surface area (Å²) >= 11 is 0. The third-order valence-corrected chi connectivity index (χ3v) is 5.48. The topological polar surface area (TPSA) is 77.5 Å². The van der Waals surface area contributed by atoms with E-state index in [0.29, 0.717) is 19.5 Å². The van der Waals surface area contributed by atoms with Crippen LogP contribution in [0.25, 0.3) is 0 Å². The van der Waals surface area contributed by atoms with Gasteiger partial charge in [-0.15, -0.1) is 0 Å². The summed E-state index contributed by atoms with van der Waals surface area (Å²) in [7, 11) is 0. The van der Waals surface area contributed by atoms with E-state index in [0.717, 1.165) is 11.1 Å². The first-order valence-corrected chi connectivity index (χ1v) is 10.6. The molecular weight excluding hydrogens is 398 g/mol. The molecule has 4 atom stereocenters. The molecule has 0 bridgehead atoms. The van der Waals surface area contributed by atoms with Crippen molar-refractivity contribution < 1.29 is 28.8 Å². The van der Waals surface area contributed by atoms with E-state index in [2.05, 4.69) is 0 Å². The second kappa shape index (κ2) is 9.36. The number of hydrogen-bond acceptors (Lipinski definition) is 6. The van der Waals surface area contributed by atoms with Crippen LogP contribution in [-0.2, 0) is 32.1 Å². The molecule has 7 heteroatoms. The molecule has 0 spiro atoms.